The van der Waals surface area contributed by atoms with Crippen molar-refractivity contribution in [3.05, 3.63) is 18.2 Å². The van der Waals surface area contributed by atoms with Gasteiger partial charge in [-0.2, -0.15) is 0 Å². The number of aliphatic imine (C=N–C) groups is 1. The molecule has 2 rings (SSSR count). The third kappa shape index (κ3) is 4.09. The number of hydrogen-bond donors (Lipinski definition) is 2. The number of hydrogen-bond acceptors (Lipinski definition) is 7. The molecule has 0 spiro atoms. The lowest BCUT2D eigenvalue weighted by Crippen LogP contribution is -2.55. The molecule has 0 saturated carbocycles. The standard InChI is InChI=1S/C15H24N4O4S/c1-15(2,3)19-9-16-14(17-10-19)18-24(20,21)11-6-7-12(22-4)13(8-11)23-5/h6-8H,9-10H2,1-5H3,(H2,16,17,18). The lowest BCUT2D eigenvalue weighted by Gasteiger charge is -2.37. The molecule has 0 radical (unpaired) electrons. The highest BCUT2D eigenvalue weighted by Crippen LogP contribution is 2.29. The van der Waals surface area contributed by atoms with E-state index in [1.165, 1.54) is 26.4 Å². The van der Waals surface area contributed by atoms with Gasteiger partial charge in [0.25, 0.3) is 10.0 Å². The first kappa shape index (κ1) is 18.3. The second kappa shape index (κ2) is 6.86. The molecule has 134 valence electrons. The van der Waals surface area contributed by atoms with Gasteiger partial charge in [-0.3, -0.25) is 4.90 Å². The Balaban J connectivity index is 2.16. The Morgan fingerprint density at radius 2 is 1.88 bits per heavy atom. The molecule has 1 aromatic rings. The third-order valence-electron chi connectivity index (χ3n) is 3.68. The number of ether oxygens (including phenoxy) is 2. The van der Waals surface area contributed by atoms with Crippen molar-refractivity contribution in [1.82, 2.24) is 14.9 Å². The van der Waals surface area contributed by atoms with E-state index >= 15 is 0 Å². The van der Waals surface area contributed by atoms with E-state index in [0.29, 0.717) is 24.8 Å². The van der Waals surface area contributed by atoms with Gasteiger partial charge in [0.15, 0.2) is 11.5 Å². The minimum absolute atomic E-state index is 0.0513. The minimum Gasteiger partial charge on any atom is -0.493 e. The maximum absolute atomic E-state index is 12.5. The van der Waals surface area contributed by atoms with Crippen LogP contribution < -0.4 is 19.5 Å². The highest BCUT2D eigenvalue weighted by Gasteiger charge is 2.26. The number of guanidine groups is 1. The first-order valence-electron chi connectivity index (χ1n) is 7.45. The second-order valence-corrected chi connectivity index (χ2v) is 8.00. The smallest absolute Gasteiger partial charge is 0.264 e. The summed E-state index contributed by atoms with van der Waals surface area (Å²) in [6.07, 6.45) is 0. The minimum atomic E-state index is -3.77. The van der Waals surface area contributed by atoms with Crippen LogP contribution in [0.4, 0.5) is 0 Å². The normalized spacial score (nSPS) is 16.1. The average molecular weight is 356 g/mol. The van der Waals surface area contributed by atoms with Gasteiger partial charge in [-0.1, -0.05) is 0 Å². The number of methoxy groups -OCH3 is 2. The van der Waals surface area contributed by atoms with Crippen LogP contribution in [0.5, 0.6) is 11.5 Å². The zero-order chi connectivity index (χ0) is 18.0. The van der Waals surface area contributed by atoms with E-state index in [9.17, 15) is 8.42 Å². The molecule has 9 heteroatoms. The summed E-state index contributed by atoms with van der Waals surface area (Å²) in [5, 5.41) is 2.98. The molecule has 2 N–H and O–H groups in total. The fourth-order valence-electron chi connectivity index (χ4n) is 2.12. The quantitative estimate of drug-likeness (QED) is 0.835. The summed E-state index contributed by atoms with van der Waals surface area (Å²) in [6, 6.07) is 4.41. The van der Waals surface area contributed by atoms with Crippen molar-refractivity contribution >= 4 is 16.0 Å². The van der Waals surface area contributed by atoms with Crippen molar-refractivity contribution in [1.29, 1.82) is 0 Å². The van der Waals surface area contributed by atoms with Crippen LogP contribution in [0.15, 0.2) is 28.1 Å². The van der Waals surface area contributed by atoms with Crippen molar-refractivity contribution in [3.8, 4) is 11.5 Å². The van der Waals surface area contributed by atoms with Crippen molar-refractivity contribution < 1.29 is 17.9 Å². The molecule has 0 aromatic heterocycles. The Morgan fingerprint density at radius 1 is 1.21 bits per heavy atom. The first-order valence-corrected chi connectivity index (χ1v) is 8.94. The summed E-state index contributed by atoms with van der Waals surface area (Å²) < 4.78 is 37.7. The van der Waals surface area contributed by atoms with Gasteiger partial charge in [0.2, 0.25) is 5.96 Å². The monoisotopic (exact) mass is 356 g/mol. The molecule has 1 aliphatic heterocycles. The third-order valence-corrected chi connectivity index (χ3v) is 5.02. The Bertz CT molecular complexity index is 725. The van der Waals surface area contributed by atoms with E-state index in [1.54, 1.807) is 6.07 Å². The van der Waals surface area contributed by atoms with Gasteiger partial charge in [-0.25, -0.2) is 18.1 Å². The van der Waals surface area contributed by atoms with E-state index in [1.807, 2.05) is 0 Å². The summed E-state index contributed by atoms with van der Waals surface area (Å²) in [4.78, 5) is 6.41. The summed E-state index contributed by atoms with van der Waals surface area (Å²) in [5.41, 5.74) is -0.0513. The van der Waals surface area contributed by atoms with Crippen LogP contribution in [0.3, 0.4) is 0 Å². The molecule has 1 aliphatic rings. The molecular weight excluding hydrogens is 332 g/mol. The lowest BCUT2D eigenvalue weighted by atomic mass is 10.1. The van der Waals surface area contributed by atoms with Gasteiger partial charge >= 0.3 is 0 Å². The van der Waals surface area contributed by atoms with Gasteiger partial charge < -0.3 is 14.8 Å². The second-order valence-electron chi connectivity index (χ2n) is 6.32. The molecule has 0 bridgehead atoms. The van der Waals surface area contributed by atoms with E-state index in [2.05, 4.69) is 40.7 Å². The first-order chi connectivity index (χ1) is 11.2. The Kier molecular flexibility index (Phi) is 5.24. The molecule has 0 fully saturated rings. The predicted octanol–water partition coefficient (Wildman–Crippen LogP) is 0.957. The van der Waals surface area contributed by atoms with Crippen LogP contribution in [-0.2, 0) is 10.0 Å². The molecule has 1 heterocycles. The molecule has 0 atom stereocenters. The molecule has 0 unspecified atom stereocenters. The van der Waals surface area contributed by atoms with Crippen LogP contribution in [0.25, 0.3) is 0 Å². The van der Waals surface area contributed by atoms with Crippen LogP contribution in [0.2, 0.25) is 0 Å². The Hall–Kier alpha value is -2.00. The fourth-order valence-corrected chi connectivity index (χ4v) is 3.14. The largest absolute Gasteiger partial charge is 0.493 e. The number of benzene rings is 1. The zero-order valence-corrected chi connectivity index (χ0v) is 15.4. The fraction of sp³-hybridized carbons (Fsp3) is 0.533. The molecule has 1 aromatic carbocycles. The van der Waals surface area contributed by atoms with Crippen LogP contribution >= 0.6 is 0 Å². The SMILES string of the molecule is COc1ccc(S(=O)(=O)NC2=NCN(C(C)(C)C)CN2)cc1OC. The topological polar surface area (TPSA) is 92.3 Å². The van der Waals surface area contributed by atoms with E-state index < -0.39 is 10.0 Å². The molecule has 24 heavy (non-hydrogen) atoms. The summed E-state index contributed by atoms with van der Waals surface area (Å²) in [5.74, 6) is 1.04. The number of nitrogens with zero attached hydrogens (tertiary/aromatic N) is 2. The lowest BCUT2D eigenvalue weighted by molar-refractivity contribution is 0.130. The van der Waals surface area contributed by atoms with Gasteiger partial charge in [-0.05, 0) is 32.9 Å². The van der Waals surface area contributed by atoms with Gasteiger partial charge in [0.1, 0.15) is 0 Å². The summed E-state index contributed by atoms with van der Waals surface area (Å²) >= 11 is 0. The van der Waals surface area contributed by atoms with Crippen molar-refractivity contribution in [3.63, 3.8) is 0 Å². The van der Waals surface area contributed by atoms with Gasteiger partial charge in [0.05, 0.1) is 32.5 Å². The molecule has 0 amide bonds. The molecule has 8 nitrogen and oxygen atoms in total. The predicted molar refractivity (Wildman–Crippen MR) is 91.8 cm³/mol. The average Bonchev–Trinajstić information content (AvgIpc) is 2.53. The van der Waals surface area contributed by atoms with Crippen molar-refractivity contribution in [2.75, 3.05) is 27.6 Å². The molecule has 0 saturated heterocycles. The summed E-state index contributed by atoms with van der Waals surface area (Å²) in [7, 11) is -0.822. The number of nitrogens with one attached hydrogen (secondary N) is 2. The maximum atomic E-state index is 12.5. The van der Waals surface area contributed by atoms with Crippen LogP contribution in [-0.4, -0.2) is 52.4 Å². The van der Waals surface area contributed by atoms with Crippen LogP contribution in [0, 0.1) is 0 Å². The van der Waals surface area contributed by atoms with E-state index in [-0.39, 0.29) is 16.4 Å². The number of rotatable bonds is 4. The van der Waals surface area contributed by atoms with E-state index in [0.717, 1.165) is 0 Å². The van der Waals surface area contributed by atoms with Gasteiger partial charge in [-0.15, -0.1) is 0 Å². The summed E-state index contributed by atoms with van der Waals surface area (Å²) in [6.45, 7) is 7.14. The Morgan fingerprint density at radius 3 is 2.38 bits per heavy atom. The van der Waals surface area contributed by atoms with Crippen molar-refractivity contribution in [2.24, 2.45) is 4.99 Å². The van der Waals surface area contributed by atoms with Crippen molar-refractivity contribution in [2.45, 2.75) is 31.2 Å². The van der Waals surface area contributed by atoms with E-state index in [4.69, 9.17) is 9.47 Å². The highest BCUT2D eigenvalue weighted by molar-refractivity contribution is 7.90. The van der Waals surface area contributed by atoms with Crippen LogP contribution in [0.1, 0.15) is 20.8 Å². The van der Waals surface area contributed by atoms with Gasteiger partial charge in [0, 0.05) is 11.6 Å². The maximum Gasteiger partial charge on any atom is 0.264 e. The number of sulfonamides is 1. The Labute approximate surface area is 142 Å². The molecule has 0 aliphatic carbocycles. The zero-order valence-electron chi connectivity index (χ0n) is 14.6. The highest BCUT2D eigenvalue weighted by atomic mass is 32.2. The molecular formula is C15H24N4O4S.